The number of amides is 1. The third-order valence-corrected chi connectivity index (χ3v) is 3.66. The summed E-state index contributed by atoms with van der Waals surface area (Å²) in [6, 6.07) is 0.121. The van der Waals surface area contributed by atoms with Crippen LogP contribution in [-0.2, 0) is 4.74 Å². The molecule has 1 aliphatic rings. The highest BCUT2D eigenvalue weighted by Gasteiger charge is 2.36. The Balaban J connectivity index is 2.90. The Kier molecular flexibility index (Phi) is 5.43. The van der Waals surface area contributed by atoms with E-state index in [0.717, 1.165) is 19.3 Å². The highest BCUT2D eigenvalue weighted by atomic mass is 16.6. The van der Waals surface area contributed by atoms with E-state index in [4.69, 9.17) is 4.74 Å². The number of rotatable bonds is 4. The smallest absolute Gasteiger partial charge is 0.410 e. The second-order valence-electron chi connectivity index (χ2n) is 6.80. The predicted molar refractivity (Wildman–Crippen MR) is 83.7 cm³/mol. The van der Waals surface area contributed by atoms with Gasteiger partial charge in [-0.1, -0.05) is 44.6 Å². The first-order valence-corrected chi connectivity index (χ1v) is 7.51. The summed E-state index contributed by atoms with van der Waals surface area (Å²) in [7, 11) is 1.84. The van der Waals surface area contributed by atoms with E-state index in [0.29, 0.717) is 0 Å². The maximum absolute atomic E-state index is 12.3. The van der Waals surface area contributed by atoms with Gasteiger partial charge in [0.1, 0.15) is 5.60 Å². The van der Waals surface area contributed by atoms with Crippen molar-refractivity contribution in [1.82, 2.24) is 4.90 Å². The van der Waals surface area contributed by atoms with Crippen molar-refractivity contribution in [3.8, 4) is 0 Å². The van der Waals surface area contributed by atoms with E-state index < -0.39 is 5.60 Å². The highest BCUT2D eigenvalue weighted by Crippen LogP contribution is 2.34. The van der Waals surface area contributed by atoms with Gasteiger partial charge in [-0.3, -0.25) is 0 Å². The fourth-order valence-corrected chi connectivity index (χ4v) is 2.66. The minimum Gasteiger partial charge on any atom is -0.444 e. The van der Waals surface area contributed by atoms with Crippen molar-refractivity contribution < 1.29 is 9.53 Å². The van der Waals surface area contributed by atoms with Crippen LogP contribution in [-0.4, -0.2) is 29.7 Å². The molecule has 1 aliphatic carbocycles. The van der Waals surface area contributed by atoms with Crippen LogP contribution in [0.1, 0.15) is 53.9 Å². The van der Waals surface area contributed by atoms with Crippen molar-refractivity contribution in [2.45, 2.75) is 65.5 Å². The molecular formula is C17H29NO2. The van der Waals surface area contributed by atoms with Crippen molar-refractivity contribution in [3.05, 3.63) is 24.3 Å². The Morgan fingerprint density at radius 3 is 2.35 bits per heavy atom. The van der Waals surface area contributed by atoms with Gasteiger partial charge in [0.25, 0.3) is 0 Å². The molecule has 0 spiro atoms. The van der Waals surface area contributed by atoms with Gasteiger partial charge in [0.15, 0.2) is 0 Å². The van der Waals surface area contributed by atoms with Crippen molar-refractivity contribution in [2.24, 2.45) is 5.41 Å². The molecule has 0 aliphatic heterocycles. The monoisotopic (exact) mass is 279 g/mol. The third kappa shape index (κ3) is 4.39. The lowest BCUT2D eigenvalue weighted by atomic mass is 9.76. The molecule has 0 fully saturated rings. The third-order valence-electron chi connectivity index (χ3n) is 3.66. The number of ether oxygens (including phenoxy) is 1. The van der Waals surface area contributed by atoms with Gasteiger partial charge >= 0.3 is 6.09 Å². The number of hydrogen-bond donors (Lipinski definition) is 0. The largest absolute Gasteiger partial charge is 0.444 e. The first kappa shape index (κ1) is 16.8. The van der Waals surface area contributed by atoms with Gasteiger partial charge in [0.2, 0.25) is 0 Å². The molecule has 3 heteroatoms. The van der Waals surface area contributed by atoms with Crippen LogP contribution >= 0.6 is 0 Å². The van der Waals surface area contributed by atoms with Gasteiger partial charge in [-0.2, -0.15) is 0 Å². The second-order valence-corrected chi connectivity index (χ2v) is 6.80. The van der Waals surface area contributed by atoms with Crippen LogP contribution in [0.2, 0.25) is 0 Å². The van der Waals surface area contributed by atoms with Crippen LogP contribution in [0.5, 0.6) is 0 Å². The second kappa shape index (κ2) is 6.47. The number of carbonyl (C=O) groups excluding carboxylic acids is 1. The lowest BCUT2D eigenvalue weighted by Crippen LogP contribution is -2.48. The fourth-order valence-electron chi connectivity index (χ4n) is 2.66. The normalized spacial score (nSPS) is 18.7. The van der Waals surface area contributed by atoms with Gasteiger partial charge < -0.3 is 9.64 Å². The summed E-state index contributed by atoms with van der Waals surface area (Å²) < 4.78 is 5.50. The van der Waals surface area contributed by atoms with Crippen molar-refractivity contribution in [3.63, 3.8) is 0 Å². The molecule has 20 heavy (non-hydrogen) atoms. The van der Waals surface area contributed by atoms with Gasteiger partial charge in [0.05, 0.1) is 0 Å². The van der Waals surface area contributed by atoms with Crippen LogP contribution in [0, 0.1) is 5.41 Å². The minimum absolute atomic E-state index is 0.111. The standard InChI is InChI=1S/C17H29NO2/c1-7-11-14(17(5)12-9-8-10-13-17)18(6)15(19)20-16(2,3)4/h9-10,12-14H,7-8,11H2,1-6H3. The minimum atomic E-state index is -0.457. The topological polar surface area (TPSA) is 29.5 Å². The zero-order valence-electron chi connectivity index (χ0n) is 13.8. The van der Waals surface area contributed by atoms with E-state index in [-0.39, 0.29) is 17.6 Å². The SMILES string of the molecule is CCCC(N(C)C(=O)OC(C)(C)C)C1(C)C=CCC=C1. The average molecular weight is 279 g/mol. The summed E-state index contributed by atoms with van der Waals surface area (Å²) in [5.41, 5.74) is -0.568. The van der Waals surface area contributed by atoms with E-state index in [2.05, 4.69) is 38.2 Å². The molecule has 0 bridgehead atoms. The Bertz CT molecular complexity index is 378. The molecule has 1 rings (SSSR count). The summed E-state index contributed by atoms with van der Waals surface area (Å²) in [5, 5.41) is 0. The first-order valence-electron chi connectivity index (χ1n) is 7.51. The lowest BCUT2D eigenvalue weighted by Gasteiger charge is -2.40. The Labute approximate surface area is 123 Å². The van der Waals surface area contributed by atoms with E-state index in [1.807, 2.05) is 27.8 Å². The van der Waals surface area contributed by atoms with Crippen molar-refractivity contribution in [2.75, 3.05) is 7.05 Å². The fraction of sp³-hybridized carbons (Fsp3) is 0.706. The molecule has 114 valence electrons. The zero-order chi connectivity index (χ0) is 15.4. The molecule has 1 atom stereocenters. The number of carbonyl (C=O) groups is 1. The number of nitrogens with zero attached hydrogens (tertiary/aromatic N) is 1. The van der Waals surface area contributed by atoms with Gasteiger partial charge in [-0.05, 0) is 33.6 Å². The van der Waals surface area contributed by atoms with Crippen LogP contribution in [0.15, 0.2) is 24.3 Å². The van der Waals surface area contributed by atoms with Crippen LogP contribution in [0.25, 0.3) is 0 Å². The van der Waals surface area contributed by atoms with Crippen LogP contribution in [0.3, 0.4) is 0 Å². The lowest BCUT2D eigenvalue weighted by molar-refractivity contribution is 0.0137. The molecule has 0 saturated carbocycles. The van der Waals surface area contributed by atoms with Crippen molar-refractivity contribution >= 4 is 6.09 Å². The molecule has 0 saturated heterocycles. The Hall–Kier alpha value is -1.25. The number of allylic oxidation sites excluding steroid dienone is 2. The van der Waals surface area contributed by atoms with Gasteiger partial charge in [-0.15, -0.1) is 0 Å². The molecule has 0 heterocycles. The van der Waals surface area contributed by atoms with Crippen LogP contribution in [0.4, 0.5) is 4.79 Å². The molecule has 0 aromatic rings. The molecule has 0 N–H and O–H groups in total. The Morgan fingerprint density at radius 1 is 1.35 bits per heavy atom. The summed E-state index contributed by atoms with van der Waals surface area (Å²) in [6.45, 7) is 10.0. The zero-order valence-corrected chi connectivity index (χ0v) is 13.8. The Morgan fingerprint density at radius 2 is 1.90 bits per heavy atom. The molecule has 1 unspecified atom stereocenters. The van der Waals surface area contributed by atoms with Gasteiger partial charge in [0, 0.05) is 18.5 Å². The summed E-state index contributed by atoms with van der Waals surface area (Å²) in [4.78, 5) is 14.1. The average Bonchev–Trinajstić information content (AvgIpc) is 2.33. The van der Waals surface area contributed by atoms with Crippen molar-refractivity contribution in [1.29, 1.82) is 0 Å². The molecule has 0 aromatic carbocycles. The summed E-state index contributed by atoms with van der Waals surface area (Å²) in [6.07, 6.45) is 11.5. The first-order chi connectivity index (χ1) is 9.19. The summed E-state index contributed by atoms with van der Waals surface area (Å²) in [5.74, 6) is 0. The van der Waals surface area contributed by atoms with Crippen LogP contribution < -0.4 is 0 Å². The number of hydrogen-bond acceptors (Lipinski definition) is 2. The van der Waals surface area contributed by atoms with E-state index >= 15 is 0 Å². The quantitative estimate of drug-likeness (QED) is 0.707. The predicted octanol–water partition coefficient (Wildman–Crippen LogP) is 4.54. The molecule has 0 radical (unpaired) electrons. The molecular weight excluding hydrogens is 250 g/mol. The maximum atomic E-state index is 12.3. The maximum Gasteiger partial charge on any atom is 0.410 e. The molecule has 3 nitrogen and oxygen atoms in total. The van der Waals surface area contributed by atoms with E-state index in [1.165, 1.54) is 0 Å². The van der Waals surface area contributed by atoms with Gasteiger partial charge in [-0.25, -0.2) is 4.79 Å². The summed E-state index contributed by atoms with van der Waals surface area (Å²) >= 11 is 0. The highest BCUT2D eigenvalue weighted by molar-refractivity contribution is 5.68. The van der Waals surface area contributed by atoms with E-state index in [1.54, 1.807) is 4.90 Å². The molecule has 0 aromatic heterocycles. The van der Waals surface area contributed by atoms with E-state index in [9.17, 15) is 4.79 Å². The molecule has 1 amide bonds.